The summed E-state index contributed by atoms with van der Waals surface area (Å²) in [6, 6.07) is 17.8. The summed E-state index contributed by atoms with van der Waals surface area (Å²) in [5, 5.41) is 2.57. The SMILES string of the molecule is CNC(=O)[C@@H](C)N(Cc1ccc(C)cc1)C(=O)CN(c1cc(OC)ccc1OC)S(=O)(=O)c1ccc(C)cc1. The first-order valence-electron chi connectivity index (χ1n) is 12.4. The van der Waals surface area contributed by atoms with Gasteiger partial charge in [-0.25, -0.2) is 8.42 Å². The fraction of sp³-hybridized carbons (Fsp3) is 0.310. The smallest absolute Gasteiger partial charge is 0.264 e. The molecule has 3 rings (SSSR count). The molecule has 0 aliphatic heterocycles. The summed E-state index contributed by atoms with van der Waals surface area (Å²) in [5.41, 5.74) is 2.88. The van der Waals surface area contributed by atoms with Crippen LogP contribution in [0.25, 0.3) is 0 Å². The van der Waals surface area contributed by atoms with Crippen molar-refractivity contribution in [3.63, 3.8) is 0 Å². The quantitative estimate of drug-likeness (QED) is 0.389. The van der Waals surface area contributed by atoms with Crippen molar-refractivity contribution >= 4 is 27.5 Å². The Morgan fingerprint density at radius 3 is 2.03 bits per heavy atom. The Morgan fingerprint density at radius 1 is 0.897 bits per heavy atom. The van der Waals surface area contributed by atoms with Gasteiger partial charge in [-0.3, -0.25) is 13.9 Å². The van der Waals surface area contributed by atoms with Crippen LogP contribution < -0.4 is 19.1 Å². The fourth-order valence-corrected chi connectivity index (χ4v) is 5.44. The van der Waals surface area contributed by atoms with Crippen molar-refractivity contribution in [1.82, 2.24) is 10.2 Å². The molecule has 3 aromatic carbocycles. The molecule has 9 nitrogen and oxygen atoms in total. The summed E-state index contributed by atoms with van der Waals surface area (Å²) in [4.78, 5) is 27.9. The van der Waals surface area contributed by atoms with Crippen LogP contribution in [0, 0.1) is 13.8 Å². The zero-order valence-electron chi connectivity index (χ0n) is 23.1. The van der Waals surface area contributed by atoms with Crippen molar-refractivity contribution in [2.24, 2.45) is 0 Å². The summed E-state index contributed by atoms with van der Waals surface area (Å²) in [7, 11) is 0.131. The molecule has 0 saturated carbocycles. The van der Waals surface area contributed by atoms with Crippen LogP contribution in [0.15, 0.2) is 71.6 Å². The first-order chi connectivity index (χ1) is 18.5. The maximum atomic E-state index is 14.0. The van der Waals surface area contributed by atoms with Gasteiger partial charge in [0.1, 0.15) is 24.1 Å². The van der Waals surface area contributed by atoms with Crippen LogP contribution in [0.5, 0.6) is 11.5 Å². The summed E-state index contributed by atoms with van der Waals surface area (Å²) >= 11 is 0. The Kier molecular flexibility index (Phi) is 9.58. The van der Waals surface area contributed by atoms with Gasteiger partial charge in [-0.1, -0.05) is 47.5 Å². The van der Waals surface area contributed by atoms with Crippen LogP contribution in [0.2, 0.25) is 0 Å². The molecule has 3 aromatic rings. The number of amides is 2. The number of aryl methyl sites for hydroxylation is 2. The number of anilines is 1. The van der Waals surface area contributed by atoms with E-state index in [9.17, 15) is 18.0 Å². The van der Waals surface area contributed by atoms with Crippen molar-refractivity contribution in [2.45, 2.75) is 38.3 Å². The number of carbonyl (C=O) groups is 2. The number of sulfonamides is 1. The maximum Gasteiger partial charge on any atom is 0.264 e. The Bertz CT molecular complexity index is 1410. The fourth-order valence-electron chi connectivity index (χ4n) is 4.02. The van der Waals surface area contributed by atoms with Crippen molar-refractivity contribution in [1.29, 1.82) is 0 Å². The van der Waals surface area contributed by atoms with Gasteiger partial charge in [-0.15, -0.1) is 0 Å². The van der Waals surface area contributed by atoms with Crippen LogP contribution >= 0.6 is 0 Å². The van der Waals surface area contributed by atoms with Crippen molar-refractivity contribution in [3.05, 3.63) is 83.4 Å². The standard InChI is InChI=1S/C29H35N3O6S/c1-20-7-11-23(12-8-20)18-31(22(3)29(34)30-4)28(33)19-32(26-17-24(37-5)13-16-27(26)38-6)39(35,36)25-14-9-21(2)10-15-25/h7-17,22H,18-19H2,1-6H3,(H,30,34)/t22-/m1/s1. The van der Waals surface area contributed by atoms with Gasteiger partial charge >= 0.3 is 0 Å². The first-order valence-corrected chi connectivity index (χ1v) is 13.8. The van der Waals surface area contributed by atoms with Crippen LogP contribution in [0.4, 0.5) is 5.69 Å². The van der Waals surface area contributed by atoms with Gasteiger partial charge in [0.2, 0.25) is 11.8 Å². The summed E-state index contributed by atoms with van der Waals surface area (Å²) in [5.74, 6) is -0.309. The molecular formula is C29H35N3O6S. The number of ether oxygens (including phenoxy) is 2. The molecule has 2 amide bonds. The van der Waals surface area contributed by atoms with Crippen LogP contribution in [-0.2, 0) is 26.2 Å². The van der Waals surface area contributed by atoms with E-state index in [1.165, 1.54) is 44.4 Å². The lowest BCUT2D eigenvalue weighted by Crippen LogP contribution is -2.50. The second-order valence-electron chi connectivity index (χ2n) is 9.16. The molecule has 10 heteroatoms. The Hall–Kier alpha value is -4.05. The van der Waals surface area contributed by atoms with Crippen LogP contribution in [-0.4, -0.2) is 59.0 Å². The molecule has 208 valence electrons. The number of hydrogen-bond donors (Lipinski definition) is 1. The molecule has 39 heavy (non-hydrogen) atoms. The molecule has 0 unspecified atom stereocenters. The van der Waals surface area contributed by atoms with E-state index in [0.717, 1.165) is 21.0 Å². The average molecular weight is 554 g/mol. The van der Waals surface area contributed by atoms with E-state index in [1.807, 2.05) is 38.1 Å². The number of hydrogen-bond acceptors (Lipinski definition) is 6. The summed E-state index contributed by atoms with van der Waals surface area (Å²) in [6.45, 7) is 4.95. The second kappa shape index (κ2) is 12.7. The first kappa shape index (κ1) is 29.5. The molecule has 0 spiro atoms. The van der Waals surface area contributed by atoms with Crippen molar-refractivity contribution < 1.29 is 27.5 Å². The van der Waals surface area contributed by atoms with Crippen molar-refractivity contribution in [2.75, 3.05) is 32.1 Å². The van der Waals surface area contributed by atoms with E-state index in [2.05, 4.69) is 5.32 Å². The average Bonchev–Trinajstić information content (AvgIpc) is 2.94. The van der Waals surface area contributed by atoms with E-state index in [0.29, 0.717) is 5.75 Å². The van der Waals surface area contributed by atoms with Crippen molar-refractivity contribution in [3.8, 4) is 11.5 Å². The highest BCUT2D eigenvalue weighted by Gasteiger charge is 2.34. The zero-order chi connectivity index (χ0) is 28.7. The predicted molar refractivity (Wildman–Crippen MR) is 151 cm³/mol. The molecule has 0 aromatic heterocycles. The lowest BCUT2D eigenvalue weighted by molar-refractivity contribution is -0.139. The number of rotatable bonds is 11. The van der Waals surface area contributed by atoms with E-state index in [-0.39, 0.29) is 28.8 Å². The van der Waals surface area contributed by atoms with Crippen LogP contribution in [0.3, 0.4) is 0 Å². The van der Waals surface area contributed by atoms with Gasteiger partial charge in [-0.2, -0.15) is 0 Å². The largest absolute Gasteiger partial charge is 0.497 e. The van der Waals surface area contributed by atoms with E-state index < -0.39 is 28.5 Å². The predicted octanol–water partition coefficient (Wildman–Crippen LogP) is 3.68. The Morgan fingerprint density at radius 2 is 1.49 bits per heavy atom. The normalized spacial score (nSPS) is 11.8. The number of nitrogens with zero attached hydrogens (tertiary/aromatic N) is 2. The molecular weight excluding hydrogens is 518 g/mol. The van der Waals surface area contributed by atoms with E-state index in [4.69, 9.17) is 9.47 Å². The molecule has 0 saturated heterocycles. The third-order valence-electron chi connectivity index (χ3n) is 6.43. The van der Waals surface area contributed by atoms with Crippen LogP contribution in [0.1, 0.15) is 23.6 Å². The minimum Gasteiger partial charge on any atom is -0.497 e. The molecule has 0 bridgehead atoms. The third kappa shape index (κ3) is 6.88. The number of likely N-dealkylation sites (N-methyl/N-ethyl adjacent to an activating group) is 1. The maximum absolute atomic E-state index is 14.0. The monoisotopic (exact) mass is 553 g/mol. The molecule has 0 radical (unpaired) electrons. The van der Waals surface area contributed by atoms with Gasteiger partial charge in [0.15, 0.2) is 0 Å². The van der Waals surface area contributed by atoms with Gasteiger partial charge in [0, 0.05) is 19.7 Å². The molecule has 1 atom stereocenters. The number of nitrogens with one attached hydrogen (secondary N) is 1. The number of methoxy groups -OCH3 is 2. The molecule has 0 heterocycles. The lowest BCUT2D eigenvalue weighted by atomic mass is 10.1. The highest BCUT2D eigenvalue weighted by atomic mass is 32.2. The Labute approximate surface area is 230 Å². The van der Waals surface area contributed by atoms with Gasteiger partial charge < -0.3 is 19.7 Å². The summed E-state index contributed by atoms with van der Waals surface area (Å²) < 4.78 is 39.8. The molecule has 0 aliphatic rings. The third-order valence-corrected chi connectivity index (χ3v) is 8.20. The topological polar surface area (TPSA) is 105 Å². The van der Waals surface area contributed by atoms with E-state index in [1.54, 1.807) is 31.2 Å². The summed E-state index contributed by atoms with van der Waals surface area (Å²) in [6.07, 6.45) is 0. The molecule has 0 fully saturated rings. The number of benzene rings is 3. The Balaban J connectivity index is 2.12. The van der Waals surface area contributed by atoms with Gasteiger partial charge in [0.25, 0.3) is 10.0 Å². The van der Waals surface area contributed by atoms with Gasteiger partial charge in [-0.05, 0) is 50.6 Å². The highest BCUT2D eigenvalue weighted by Crippen LogP contribution is 2.36. The highest BCUT2D eigenvalue weighted by molar-refractivity contribution is 7.92. The van der Waals surface area contributed by atoms with Gasteiger partial charge in [0.05, 0.1) is 24.8 Å². The van der Waals surface area contributed by atoms with E-state index >= 15 is 0 Å². The second-order valence-corrected chi connectivity index (χ2v) is 11.0. The number of carbonyl (C=O) groups excluding carboxylic acids is 2. The minimum atomic E-state index is -4.24. The minimum absolute atomic E-state index is 0.00945. The zero-order valence-corrected chi connectivity index (χ0v) is 23.9. The lowest BCUT2D eigenvalue weighted by Gasteiger charge is -2.32. The molecule has 1 N–H and O–H groups in total. The molecule has 0 aliphatic carbocycles.